The summed E-state index contributed by atoms with van der Waals surface area (Å²) in [6.45, 7) is 1.58. The highest BCUT2D eigenvalue weighted by molar-refractivity contribution is 5.80. The second-order valence-corrected chi connectivity index (χ2v) is 6.36. The fourth-order valence-corrected chi connectivity index (χ4v) is 3.19. The molecule has 0 bridgehead atoms. The minimum absolute atomic E-state index is 0.190. The number of carbonyl (C=O) groups is 2. The maximum Gasteiger partial charge on any atom is 0.405 e. The van der Waals surface area contributed by atoms with Gasteiger partial charge in [0, 0.05) is 12.3 Å². The molecule has 1 aromatic rings. The van der Waals surface area contributed by atoms with Crippen molar-refractivity contribution in [3.05, 3.63) is 30.3 Å². The number of para-hydroxylation sites is 1. The minimum atomic E-state index is -2.52. The molecule has 1 saturated heterocycles. The molecule has 2 N–H and O–H groups in total. The van der Waals surface area contributed by atoms with Gasteiger partial charge in [-0.05, 0) is 31.9 Å². The summed E-state index contributed by atoms with van der Waals surface area (Å²) in [5.74, 6) is -0.750. The number of hydrogen-bond donors (Lipinski definition) is 2. The molecule has 0 aliphatic carbocycles. The lowest BCUT2D eigenvalue weighted by atomic mass is 9.89. The van der Waals surface area contributed by atoms with E-state index < -0.39 is 42.7 Å². The molecular weight excluding hydrogens is 348 g/mol. The third-order valence-electron chi connectivity index (χ3n) is 4.38. The first-order chi connectivity index (χ1) is 12.4. The standard InChI is InChI=1S/C18H23F2NO5/c1-11-16(26-13-7-3-2-4-8-13)12(10-15(19)20)6-5-9-14(17(22)25-11)21-18(23)24/h2-4,7-8,11-12,14-16,21H,5-6,9-10H2,1H3,(H,23,24)/t11-,12+,14-,16-/m0/s1. The van der Waals surface area contributed by atoms with Crippen molar-refractivity contribution in [2.75, 3.05) is 0 Å². The van der Waals surface area contributed by atoms with Crippen LogP contribution in [0.4, 0.5) is 13.6 Å². The number of ether oxygens (including phenoxy) is 2. The van der Waals surface area contributed by atoms with Crippen LogP contribution >= 0.6 is 0 Å². The van der Waals surface area contributed by atoms with Gasteiger partial charge in [0.1, 0.15) is 24.0 Å². The highest BCUT2D eigenvalue weighted by Crippen LogP contribution is 2.30. The number of nitrogens with one attached hydrogen (secondary N) is 1. The minimum Gasteiger partial charge on any atom is -0.486 e. The third-order valence-corrected chi connectivity index (χ3v) is 4.38. The summed E-state index contributed by atoms with van der Waals surface area (Å²) in [5, 5.41) is 11.0. The van der Waals surface area contributed by atoms with Gasteiger partial charge in [-0.3, -0.25) is 0 Å². The Morgan fingerprint density at radius 3 is 2.65 bits per heavy atom. The van der Waals surface area contributed by atoms with Gasteiger partial charge >= 0.3 is 12.1 Å². The first kappa shape index (κ1) is 19.9. The number of esters is 1. The number of amides is 1. The summed E-state index contributed by atoms with van der Waals surface area (Å²) in [6, 6.07) is 7.72. The van der Waals surface area contributed by atoms with Gasteiger partial charge in [-0.2, -0.15) is 0 Å². The van der Waals surface area contributed by atoms with Gasteiger partial charge in [0.05, 0.1) is 0 Å². The van der Waals surface area contributed by atoms with Gasteiger partial charge in [0.15, 0.2) is 0 Å². The number of halogens is 2. The van der Waals surface area contributed by atoms with E-state index in [4.69, 9.17) is 14.6 Å². The predicted molar refractivity (Wildman–Crippen MR) is 89.3 cm³/mol. The largest absolute Gasteiger partial charge is 0.486 e. The number of carboxylic acid groups (broad SMARTS) is 1. The van der Waals surface area contributed by atoms with Crippen molar-refractivity contribution in [2.24, 2.45) is 5.92 Å². The Morgan fingerprint density at radius 1 is 1.35 bits per heavy atom. The lowest BCUT2D eigenvalue weighted by molar-refractivity contribution is -0.156. The molecule has 1 aliphatic heterocycles. The van der Waals surface area contributed by atoms with Gasteiger partial charge in [0.2, 0.25) is 6.43 Å². The van der Waals surface area contributed by atoms with E-state index in [2.05, 4.69) is 5.32 Å². The van der Waals surface area contributed by atoms with E-state index in [9.17, 15) is 18.4 Å². The highest BCUT2D eigenvalue weighted by atomic mass is 19.3. The van der Waals surface area contributed by atoms with E-state index in [0.717, 1.165) is 0 Å². The van der Waals surface area contributed by atoms with Crippen molar-refractivity contribution in [2.45, 2.75) is 57.3 Å². The molecule has 6 nitrogen and oxygen atoms in total. The van der Waals surface area contributed by atoms with Crippen LogP contribution in [0.5, 0.6) is 5.75 Å². The van der Waals surface area contributed by atoms with Crippen LogP contribution < -0.4 is 10.1 Å². The number of carbonyl (C=O) groups excluding carboxylic acids is 1. The van der Waals surface area contributed by atoms with Crippen LogP contribution in [-0.4, -0.2) is 41.8 Å². The van der Waals surface area contributed by atoms with E-state index in [0.29, 0.717) is 18.6 Å². The van der Waals surface area contributed by atoms with Crippen LogP contribution in [0.2, 0.25) is 0 Å². The van der Waals surface area contributed by atoms with Gasteiger partial charge in [-0.25, -0.2) is 18.4 Å². The molecule has 1 amide bonds. The van der Waals surface area contributed by atoms with Crippen LogP contribution in [0, 0.1) is 5.92 Å². The third kappa shape index (κ3) is 5.86. The molecule has 0 radical (unpaired) electrons. The molecule has 8 heteroatoms. The number of hydrogen-bond acceptors (Lipinski definition) is 4. The summed E-state index contributed by atoms with van der Waals surface area (Å²) in [4.78, 5) is 23.1. The Kier molecular flexibility index (Phi) is 7.17. The van der Waals surface area contributed by atoms with Crippen molar-refractivity contribution in [1.29, 1.82) is 0 Å². The maximum absolute atomic E-state index is 13.1. The number of cyclic esters (lactones) is 1. The van der Waals surface area contributed by atoms with Crippen molar-refractivity contribution < 1.29 is 33.0 Å². The van der Waals surface area contributed by atoms with E-state index in [-0.39, 0.29) is 12.8 Å². The van der Waals surface area contributed by atoms with Crippen molar-refractivity contribution in [3.8, 4) is 5.75 Å². The maximum atomic E-state index is 13.1. The molecule has 0 unspecified atom stereocenters. The fraction of sp³-hybridized carbons (Fsp3) is 0.556. The molecule has 0 aromatic heterocycles. The predicted octanol–water partition coefficient (Wildman–Crippen LogP) is 3.46. The van der Waals surface area contributed by atoms with E-state index >= 15 is 0 Å². The Morgan fingerprint density at radius 2 is 2.04 bits per heavy atom. The monoisotopic (exact) mass is 371 g/mol. The highest BCUT2D eigenvalue weighted by Gasteiger charge is 2.36. The summed E-state index contributed by atoms with van der Waals surface area (Å²) in [5.41, 5.74) is 0. The van der Waals surface area contributed by atoms with Gasteiger partial charge < -0.3 is 19.9 Å². The lowest BCUT2D eigenvalue weighted by Crippen LogP contribution is -2.44. The van der Waals surface area contributed by atoms with Crippen molar-refractivity contribution >= 4 is 12.1 Å². The van der Waals surface area contributed by atoms with Crippen LogP contribution in [0.1, 0.15) is 32.6 Å². The summed E-state index contributed by atoms with van der Waals surface area (Å²) >= 11 is 0. The zero-order chi connectivity index (χ0) is 19.1. The average Bonchev–Trinajstić information content (AvgIpc) is 2.61. The summed E-state index contributed by atoms with van der Waals surface area (Å²) in [7, 11) is 0. The Balaban J connectivity index is 2.21. The zero-order valence-corrected chi connectivity index (χ0v) is 14.4. The zero-order valence-electron chi connectivity index (χ0n) is 14.4. The van der Waals surface area contributed by atoms with Crippen LogP contribution in [0.3, 0.4) is 0 Å². The SMILES string of the molecule is C[C@@H]1OC(=O)[C@@H](NC(=O)O)CCC[C@H](CC(F)F)[C@H]1Oc1ccccc1. The first-order valence-corrected chi connectivity index (χ1v) is 8.56. The van der Waals surface area contributed by atoms with Gasteiger partial charge in [-0.15, -0.1) is 0 Å². The summed E-state index contributed by atoms with van der Waals surface area (Å²) < 4.78 is 37.4. The number of alkyl halides is 2. The smallest absolute Gasteiger partial charge is 0.405 e. The summed E-state index contributed by atoms with van der Waals surface area (Å²) in [6.07, 6.45) is -4.81. The quantitative estimate of drug-likeness (QED) is 0.775. The van der Waals surface area contributed by atoms with Gasteiger partial charge in [0.25, 0.3) is 0 Å². The van der Waals surface area contributed by atoms with Gasteiger partial charge in [-0.1, -0.05) is 24.6 Å². The molecular formula is C18H23F2NO5. The molecule has 2 rings (SSSR count). The molecule has 1 heterocycles. The number of benzene rings is 1. The van der Waals surface area contributed by atoms with Crippen LogP contribution in [-0.2, 0) is 9.53 Å². The fourth-order valence-electron chi connectivity index (χ4n) is 3.19. The van der Waals surface area contributed by atoms with E-state index in [1.165, 1.54) is 0 Å². The molecule has 4 atom stereocenters. The molecule has 0 spiro atoms. The topological polar surface area (TPSA) is 84.9 Å². The second-order valence-electron chi connectivity index (χ2n) is 6.36. The Bertz CT molecular complexity index is 599. The first-order valence-electron chi connectivity index (χ1n) is 8.56. The van der Waals surface area contributed by atoms with Crippen molar-refractivity contribution in [3.63, 3.8) is 0 Å². The van der Waals surface area contributed by atoms with Crippen molar-refractivity contribution in [1.82, 2.24) is 5.32 Å². The van der Waals surface area contributed by atoms with Crippen LogP contribution in [0.15, 0.2) is 30.3 Å². The molecule has 144 valence electrons. The van der Waals surface area contributed by atoms with Crippen LogP contribution in [0.25, 0.3) is 0 Å². The normalized spacial score (nSPS) is 27.0. The molecule has 0 saturated carbocycles. The molecule has 1 aromatic carbocycles. The average molecular weight is 371 g/mol. The Hall–Kier alpha value is -2.38. The molecule has 1 fully saturated rings. The molecule has 1 aliphatic rings. The lowest BCUT2D eigenvalue weighted by Gasteiger charge is -2.31. The van der Waals surface area contributed by atoms with E-state index in [1.807, 2.05) is 0 Å². The number of rotatable bonds is 5. The molecule has 26 heavy (non-hydrogen) atoms. The second kappa shape index (κ2) is 9.35. The Labute approximate surface area is 150 Å². The van der Waals surface area contributed by atoms with E-state index in [1.54, 1.807) is 37.3 Å².